The Kier molecular flexibility index (Phi) is 8.87. The molecule has 1 amide bonds. The summed E-state index contributed by atoms with van der Waals surface area (Å²) in [7, 11) is 0. The molecule has 2 aliphatic rings. The van der Waals surface area contributed by atoms with Crippen molar-refractivity contribution in [2.45, 2.75) is 45.1 Å². The number of ether oxygens (including phenoxy) is 3. The van der Waals surface area contributed by atoms with Crippen molar-refractivity contribution in [1.29, 1.82) is 0 Å². The minimum Gasteiger partial charge on any atom is -0.486 e. The normalized spacial score (nSPS) is 17.2. The summed E-state index contributed by atoms with van der Waals surface area (Å²) in [6.45, 7) is 9.50. The highest BCUT2D eigenvalue weighted by molar-refractivity contribution is 14.0. The molecule has 0 aliphatic carbocycles. The molecule has 8 nitrogen and oxygen atoms in total. The Balaban J connectivity index is 0.00000320. The molecule has 3 N–H and O–H groups in total. The second kappa shape index (κ2) is 10.9. The number of nitrogens with two attached hydrogens (primary N) is 1. The van der Waals surface area contributed by atoms with Crippen LogP contribution in [0.4, 0.5) is 4.79 Å². The fourth-order valence-corrected chi connectivity index (χ4v) is 3.51. The highest BCUT2D eigenvalue weighted by Gasteiger charge is 2.25. The lowest BCUT2D eigenvalue weighted by Crippen LogP contribution is -2.48. The van der Waals surface area contributed by atoms with Gasteiger partial charge in [-0.25, -0.2) is 4.79 Å². The number of nitrogens with zero attached hydrogens (tertiary/aromatic N) is 2. The third-order valence-electron chi connectivity index (χ3n) is 5.34. The van der Waals surface area contributed by atoms with Crippen LogP contribution in [0.1, 0.15) is 39.2 Å². The van der Waals surface area contributed by atoms with E-state index in [1.165, 1.54) is 0 Å². The van der Waals surface area contributed by atoms with E-state index in [0.717, 1.165) is 29.9 Å². The molecule has 1 aromatic rings. The second-order valence-electron chi connectivity index (χ2n) is 8.05. The number of nitrogens with one attached hydrogen (secondary N) is 1. The van der Waals surface area contributed by atoms with E-state index >= 15 is 0 Å². The van der Waals surface area contributed by atoms with Gasteiger partial charge in [0.05, 0.1) is 13.2 Å². The molecule has 1 saturated heterocycles. The van der Waals surface area contributed by atoms with E-state index in [-0.39, 0.29) is 41.5 Å². The van der Waals surface area contributed by atoms with E-state index in [4.69, 9.17) is 19.9 Å². The molecule has 0 radical (unpaired) electrons. The summed E-state index contributed by atoms with van der Waals surface area (Å²) < 4.78 is 16.3. The van der Waals surface area contributed by atoms with Crippen LogP contribution >= 0.6 is 24.0 Å². The zero-order chi connectivity index (χ0) is 20.9. The first kappa shape index (κ1) is 24.4. The minimum absolute atomic E-state index is 0. The highest BCUT2D eigenvalue weighted by atomic mass is 127. The fraction of sp³-hybridized carbons (Fsp3) is 0.619. The van der Waals surface area contributed by atoms with Gasteiger partial charge in [0.2, 0.25) is 0 Å². The topological polar surface area (TPSA) is 98.4 Å². The van der Waals surface area contributed by atoms with Crippen LogP contribution in [0.2, 0.25) is 0 Å². The van der Waals surface area contributed by atoms with E-state index in [0.29, 0.717) is 45.4 Å². The summed E-state index contributed by atoms with van der Waals surface area (Å²) in [5.74, 6) is 2.00. The average Bonchev–Trinajstić information content (AvgIpc) is 2.73. The van der Waals surface area contributed by atoms with Gasteiger partial charge in [0, 0.05) is 24.5 Å². The first-order chi connectivity index (χ1) is 13.9. The molecule has 0 spiro atoms. The van der Waals surface area contributed by atoms with Crippen molar-refractivity contribution < 1.29 is 19.0 Å². The smallest absolute Gasteiger partial charge is 0.409 e. The largest absolute Gasteiger partial charge is 0.486 e. The third kappa shape index (κ3) is 6.29. The Labute approximate surface area is 195 Å². The van der Waals surface area contributed by atoms with Crippen LogP contribution in [-0.2, 0) is 10.2 Å². The Morgan fingerprint density at radius 3 is 2.60 bits per heavy atom. The number of carbonyl (C=O) groups excluding carboxylic acids is 1. The van der Waals surface area contributed by atoms with Crippen molar-refractivity contribution in [3.8, 4) is 11.5 Å². The first-order valence-electron chi connectivity index (χ1n) is 10.3. The van der Waals surface area contributed by atoms with Crippen LogP contribution in [0.15, 0.2) is 23.2 Å². The SMILES string of the molecule is CCOC(=O)N1CCC(NC(N)=NCC(C)(C)c2ccc3c(c2)OCCO3)CC1.I. The van der Waals surface area contributed by atoms with E-state index in [1.807, 2.05) is 19.1 Å². The van der Waals surface area contributed by atoms with E-state index in [2.05, 4.69) is 30.2 Å². The number of hydrogen-bond donors (Lipinski definition) is 2. The van der Waals surface area contributed by atoms with Gasteiger partial charge in [0.15, 0.2) is 17.5 Å². The number of carbonyl (C=O) groups is 1. The number of piperidine rings is 1. The first-order valence-corrected chi connectivity index (χ1v) is 10.3. The molecule has 30 heavy (non-hydrogen) atoms. The molecular weight excluding hydrogens is 499 g/mol. The molecule has 168 valence electrons. The van der Waals surface area contributed by atoms with Gasteiger partial charge in [-0.2, -0.15) is 0 Å². The molecule has 9 heteroatoms. The summed E-state index contributed by atoms with van der Waals surface area (Å²) in [6, 6.07) is 6.24. The standard InChI is InChI=1S/C21H32N4O4.HI/c1-4-27-20(26)25-9-7-16(8-10-25)24-19(22)23-14-21(2,3)15-5-6-17-18(13-15)29-12-11-28-17;/h5-6,13,16H,4,7-12,14H2,1-3H3,(H3,22,23,24);1H. The molecule has 3 rings (SSSR count). The van der Waals surface area contributed by atoms with Crippen LogP contribution < -0.4 is 20.5 Å². The molecule has 2 aliphatic heterocycles. The van der Waals surface area contributed by atoms with Crippen LogP contribution in [0.3, 0.4) is 0 Å². The van der Waals surface area contributed by atoms with Gasteiger partial charge < -0.3 is 30.2 Å². The van der Waals surface area contributed by atoms with E-state index < -0.39 is 0 Å². The average molecular weight is 532 g/mol. The zero-order valence-electron chi connectivity index (χ0n) is 18.0. The Hall–Kier alpha value is -1.91. The predicted octanol–water partition coefficient (Wildman–Crippen LogP) is 2.88. The summed E-state index contributed by atoms with van der Waals surface area (Å²) in [4.78, 5) is 18.1. The number of fused-ring (bicyclic) bond motifs is 1. The van der Waals surface area contributed by atoms with Gasteiger partial charge in [0.1, 0.15) is 13.2 Å². The Morgan fingerprint density at radius 2 is 1.93 bits per heavy atom. The zero-order valence-corrected chi connectivity index (χ0v) is 20.3. The van der Waals surface area contributed by atoms with Gasteiger partial charge >= 0.3 is 6.09 Å². The van der Waals surface area contributed by atoms with Crippen LogP contribution in [-0.4, -0.2) is 62.4 Å². The fourth-order valence-electron chi connectivity index (χ4n) is 3.51. The molecule has 1 fully saturated rings. The minimum atomic E-state index is -0.242. The maximum absolute atomic E-state index is 11.8. The van der Waals surface area contributed by atoms with Crippen LogP contribution in [0, 0.1) is 0 Å². The quantitative estimate of drug-likeness (QED) is 0.344. The second-order valence-corrected chi connectivity index (χ2v) is 8.05. The van der Waals surface area contributed by atoms with Crippen molar-refractivity contribution >= 4 is 36.0 Å². The molecular formula is C21H33IN4O4. The third-order valence-corrected chi connectivity index (χ3v) is 5.34. The van der Waals surface area contributed by atoms with Gasteiger partial charge in [-0.3, -0.25) is 4.99 Å². The maximum atomic E-state index is 11.8. The van der Waals surface area contributed by atoms with Gasteiger partial charge in [-0.1, -0.05) is 19.9 Å². The van der Waals surface area contributed by atoms with Gasteiger partial charge in [-0.15, -0.1) is 24.0 Å². The lowest BCUT2D eigenvalue weighted by molar-refractivity contribution is 0.0963. The van der Waals surface area contributed by atoms with Crippen molar-refractivity contribution in [2.75, 3.05) is 39.5 Å². The number of benzene rings is 1. The van der Waals surface area contributed by atoms with Crippen molar-refractivity contribution in [3.63, 3.8) is 0 Å². The summed E-state index contributed by atoms with van der Waals surface area (Å²) >= 11 is 0. The van der Waals surface area contributed by atoms with Gasteiger partial charge in [-0.05, 0) is 37.5 Å². The number of aliphatic imine (C=N–C) groups is 1. The van der Waals surface area contributed by atoms with E-state index in [1.54, 1.807) is 4.90 Å². The number of rotatable bonds is 5. The van der Waals surface area contributed by atoms with Crippen molar-refractivity contribution in [3.05, 3.63) is 23.8 Å². The number of hydrogen-bond acceptors (Lipinski definition) is 5. The molecule has 2 heterocycles. The van der Waals surface area contributed by atoms with Crippen LogP contribution in [0.25, 0.3) is 0 Å². The Morgan fingerprint density at radius 1 is 1.27 bits per heavy atom. The predicted molar refractivity (Wildman–Crippen MR) is 127 cm³/mol. The molecule has 0 atom stereocenters. The lowest BCUT2D eigenvalue weighted by Gasteiger charge is -2.32. The molecule has 1 aromatic carbocycles. The molecule has 0 saturated carbocycles. The Bertz CT molecular complexity index is 749. The summed E-state index contributed by atoms with van der Waals surface area (Å²) in [5, 5.41) is 3.29. The molecule has 0 unspecified atom stereocenters. The number of likely N-dealkylation sites (tertiary alicyclic amines) is 1. The van der Waals surface area contributed by atoms with Crippen molar-refractivity contribution in [2.24, 2.45) is 10.7 Å². The monoisotopic (exact) mass is 532 g/mol. The number of halogens is 1. The maximum Gasteiger partial charge on any atom is 0.409 e. The highest BCUT2D eigenvalue weighted by Crippen LogP contribution is 2.35. The van der Waals surface area contributed by atoms with Crippen molar-refractivity contribution in [1.82, 2.24) is 10.2 Å². The van der Waals surface area contributed by atoms with Gasteiger partial charge in [0.25, 0.3) is 0 Å². The van der Waals surface area contributed by atoms with Crippen LogP contribution in [0.5, 0.6) is 11.5 Å². The molecule has 0 aromatic heterocycles. The number of guanidine groups is 1. The summed E-state index contributed by atoms with van der Waals surface area (Å²) in [5.41, 5.74) is 7.06. The molecule has 0 bridgehead atoms. The number of amides is 1. The van der Waals surface area contributed by atoms with E-state index in [9.17, 15) is 4.79 Å². The lowest BCUT2D eigenvalue weighted by atomic mass is 9.84. The summed E-state index contributed by atoms with van der Waals surface area (Å²) in [6.07, 6.45) is 1.40.